The Morgan fingerprint density at radius 1 is 1.00 bits per heavy atom. The molecule has 0 N–H and O–H groups in total. The van der Waals surface area contributed by atoms with Crippen molar-refractivity contribution in [1.29, 1.82) is 0 Å². The van der Waals surface area contributed by atoms with E-state index in [1.165, 1.54) is 49.3 Å². The molecule has 0 spiro atoms. The van der Waals surface area contributed by atoms with Crippen LogP contribution in [0, 0.1) is 10.2 Å². The molecule has 0 amide bonds. The van der Waals surface area contributed by atoms with Gasteiger partial charge < -0.3 is 4.48 Å². The van der Waals surface area contributed by atoms with Crippen molar-refractivity contribution in [2.45, 2.75) is 6.54 Å². The van der Waals surface area contributed by atoms with Gasteiger partial charge in [-0.1, -0.05) is 29.8 Å². The standard InChI is InChI=1S/C13H18ClN2.ClHO4/c14-13-4-2-1-3-12(13)11-16-8-5-15(6-9-16)7-10-16;2-1(3,4)5/h1-4H,5-11H2;(H,2,3,4,5)/q+1;/p-1. The van der Waals surface area contributed by atoms with E-state index in [0.717, 1.165) is 11.6 Å². The van der Waals surface area contributed by atoms with Gasteiger partial charge in [-0.3, -0.25) is 4.90 Å². The highest BCUT2D eigenvalue weighted by Crippen LogP contribution is 2.26. The van der Waals surface area contributed by atoms with Gasteiger partial charge in [0, 0.05) is 30.2 Å². The first-order valence-corrected chi connectivity index (χ1v) is 8.31. The molecule has 0 aromatic heterocycles. The Labute approximate surface area is 131 Å². The third-order valence-corrected chi connectivity index (χ3v) is 4.50. The minimum Gasteiger partial charge on any atom is -0.317 e. The van der Waals surface area contributed by atoms with Gasteiger partial charge in [-0.15, -0.1) is 10.2 Å². The van der Waals surface area contributed by atoms with Gasteiger partial charge in [-0.2, -0.15) is 0 Å². The van der Waals surface area contributed by atoms with E-state index in [4.69, 9.17) is 30.2 Å². The Balaban J connectivity index is 0.000000282. The zero-order valence-corrected chi connectivity index (χ0v) is 13.1. The molecule has 0 atom stereocenters. The second-order valence-electron chi connectivity index (χ2n) is 5.48. The average Bonchev–Trinajstić information content (AvgIpc) is 2.41. The smallest absolute Gasteiger partial charge is 0.106 e. The SMILES string of the molecule is Clc1ccccc1C[N+]12CCN(CC1)CC2.[O-][Cl+3]([O-])([O-])[O-]. The van der Waals surface area contributed by atoms with E-state index in [1.807, 2.05) is 12.1 Å². The van der Waals surface area contributed by atoms with Gasteiger partial charge in [0.2, 0.25) is 0 Å². The molecule has 4 rings (SSSR count). The summed E-state index contributed by atoms with van der Waals surface area (Å²) in [5.74, 6) is 0. The highest BCUT2D eigenvalue weighted by Gasteiger charge is 2.38. The van der Waals surface area contributed by atoms with E-state index in [9.17, 15) is 0 Å². The van der Waals surface area contributed by atoms with Crippen LogP contribution in [0.15, 0.2) is 24.3 Å². The summed E-state index contributed by atoms with van der Waals surface area (Å²) in [6.07, 6.45) is 0. The van der Waals surface area contributed by atoms with Crippen molar-refractivity contribution in [3.05, 3.63) is 34.9 Å². The minimum atomic E-state index is -4.94. The molecule has 118 valence electrons. The molecule has 3 aliphatic heterocycles. The highest BCUT2D eigenvalue weighted by molar-refractivity contribution is 6.31. The molecule has 3 aliphatic rings. The molecule has 1 aromatic rings. The second-order valence-corrected chi connectivity index (χ2v) is 6.64. The molecule has 0 saturated carbocycles. The fourth-order valence-electron chi connectivity index (χ4n) is 2.96. The molecule has 3 saturated heterocycles. The Morgan fingerprint density at radius 3 is 1.95 bits per heavy atom. The van der Waals surface area contributed by atoms with Gasteiger partial charge in [-0.25, -0.2) is 18.6 Å². The van der Waals surface area contributed by atoms with Gasteiger partial charge in [0.05, 0.1) is 19.6 Å². The topological polar surface area (TPSA) is 95.5 Å². The van der Waals surface area contributed by atoms with Crippen molar-refractivity contribution in [3.8, 4) is 0 Å². The zero-order valence-electron chi connectivity index (χ0n) is 11.5. The van der Waals surface area contributed by atoms with Gasteiger partial charge in [0.15, 0.2) is 0 Å². The van der Waals surface area contributed by atoms with Crippen LogP contribution < -0.4 is 18.6 Å². The predicted molar refractivity (Wildman–Crippen MR) is 66.5 cm³/mol. The maximum absolute atomic E-state index is 8.49. The summed E-state index contributed by atoms with van der Waals surface area (Å²) in [5.41, 5.74) is 1.32. The number of hydrogen-bond acceptors (Lipinski definition) is 5. The monoisotopic (exact) mass is 336 g/mol. The van der Waals surface area contributed by atoms with Crippen LogP contribution in [0.2, 0.25) is 5.02 Å². The first-order valence-electron chi connectivity index (χ1n) is 6.70. The lowest BCUT2D eigenvalue weighted by Gasteiger charge is -2.50. The fraction of sp³-hybridized carbons (Fsp3) is 0.538. The van der Waals surface area contributed by atoms with Crippen molar-refractivity contribution < 1.29 is 33.4 Å². The molecule has 0 aliphatic carbocycles. The summed E-state index contributed by atoms with van der Waals surface area (Å²) >= 11 is 6.25. The maximum atomic E-state index is 8.49. The number of quaternary nitrogens is 1. The number of piperazine rings is 3. The molecule has 3 heterocycles. The molecule has 21 heavy (non-hydrogen) atoms. The first kappa shape index (κ1) is 16.9. The van der Waals surface area contributed by atoms with Crippen LogP contribution in [0.1, 0.15) is 5.56 Å². The fourth-order valence-corrected chi connectivity index (χ4v) is 3.15. The molecule has 8 heteroatoms. The quantitative estimate of drug-likeness (QED) is 0.545. The average molecular weight is 337 g/mol. The summed E-state index contributed by atoms with van der Waals surface area (Å²) < 4.78 is 35.2. The van der Waals surface area contributed by atoms with Crippen LogP contribution >= 0.6 is 11.6 Å². The van der Waals surface area contributed by atoms with E-state index >= 15 is 0 Å². The van der Waals surface area contributed by atoms with Crippen LogP contribution in [0.3, 0.4) is 0 Å². The van der Waals surface area contributed by atoms with Crippen molar-refractivity contribution in [1.82, 2.24) is 4.90 Å². The highest BCUT2D eigenvalue weighted by atomic mass is 35.7. The van der Waals surface area contributed by atoms with Crippen molar-refractivity contribution in [3.63, 3.8) is 0 Å². The Morgan fingerprint density at radius 2 is 1.48 bits per heavy atom. The Kier molecular flexibility index (Phi) is 5.45. The lowest BCUT2D eigenvalue weighted by Crippen LogP contribution is -2.68. The number of benzene rings is 1. The second kappa shape index (κ2) is 6.76. The largest absolute Gasteiger partial charge is 0.317 e. The Bertz CT molecular complexity index is 454. The zero-order chi connectivity index (χ0) is 15.5. The Hall–Kier alpha value is -0.440. The van der Waals surface area contributed by atoms with E-state index in [2.05, 4.69) is 17.0 Å². The van der Waals surface area contributed by atoms with E-state index in [-0.39, 0.29) is 0 Å². The van der Waals surface area contributed by atoms with Gasteiger partial charge in [0.25, 0.3) is 0 Å². The van der Waals surface area contributed by atoms with Gasteiger partial charge in [0.1, 0.15) is 6.54 Å². The lowest BCUT2D eigenvalue weighted by molar-refractivity contribution is -2.00. The molecular weight excluding hydrogens is 319 g/mol. The molecule has 0 unspecified atom stereocenters. The molecule has 3 fully saturated rings. The number of nitrogens with zero attached hydrogens (tertiary/aromatic N) is 2. The molecular formula is C13H18Cl2N2O4. The van der Waals surface area contributed by atoms with Gasteiger partial charge >= 0.3 is 0 Å². The van der Waals surface area contributed by atoms with Crippen LogP contribution in [-0.2, 0) is 6.54 Å². The third kappa shape index (κ3) is 5.36. The van der Waals surface area contributed by atoms with E-state index < -0.39 is 10.2 Å². The minimum absolute atomic E-state index is 0.933. The summed E-state index contributed by atoms with van der Waals surface area (Å²) in [6, 6.07) is 8.30. The number of rotatable bonds is 2. The third-order valence-electron chi connectivity index (χ3n) is 4.14. The predicted octanol–water partition coefficient (Wildman–Crippen LogP) is -2.77. The van der Waals surface area contributed by atoms with E-state index in [1.54, 1.807) is 0 Å². The number of halogens is 2. The van der Waals surface area contributed by atoms with Gasteiger partial charge in [-0.05, 0) is 6.07 Å². The summed E-state index contributed by atoms with van der Waals surface area (Å²) in [5, 5.41) is 0.933. The summed E-state index contributed by atoms with van der Waals surface area (Å²) in [4.78, 5) is 2.58. The first-order chi connectivity index (χ1) is 9.77. The van der Waals surface area contributed by atoms with E-state index in [0.29, 0.717) is 0 Å². The number of fused-ring (bicyclic) bond motifs is 3. The number of hydrogen-bond donors (Lipinski definition) is 0. The van der Waals surface area contributed by atoms with Crippen LogP contribution in [0.4, 0.5) is 0 Å². The van der Waals surface area contributed by atoms with Crippen LogP contribution in [0.5, 0.6) is 0 Å². The lowest BCUT2D eigenvalue weighted by atomic mass is 10.1. The van der Waals surface area contributed by atoms with Crippen molar-refractivity contribution >= 4 is 11.6 Å². The van der Waals surface area contributed by atoms with Crippen LogP contribution in [0.25, 0.3) is 0 Å². The molecule has 0 radical (unpaired) electrons. The normalized spacial score (nSPS) is 28.0. The maximum Gasteiger partial charge on any atom is 0.106 e. The van der Waals surface area contributed by atoms with Crippen LogP contribution in [-0.4, -0.2) is 48.7 Å². The molecule has 6 nitrogen and oxygen atoms in total. The van der Waals surface area contributed by atoms with Crippen molar-refractivity contribution in [2.75, 3.05) is 39.3 Å². The molecule has 2 bridgehead atoms. The summed E-state index contributed by atoms with van der Waals surface area (Å²) in [6.45, 7) is 8.81. The summed E-state index contributed by atoms with van der Waals surface area (Å²) in [7, 11) is -4.94. The van der Waals surface area contributed by atoms with Crippen molar-refractivity contribution in [2.24, 2.45) is 0 Å². The molecule has 1 aromatic carbocycles.